The number of carboxylic acids is 1. The standard InChI is InChI=1S/C26H33FO8/c1-14-10-18-17-5-4-15-11-16(28)8-9-23(15,2)25(17,27)19(29)12-24(18,3)26(14,34)20(30)13-35-22(33)7-6-21(31)32/h8-9,11,14,17-19,29,34H,4-7,10,12-13H2,1-3H3,(H,31,32)/t14?,17?,18?,19?,23-,24-,25-,26-/m0/s1. The van der Waals surface area contributed by atoms with E-state index in [-0.39, 0.29) is 12.2 Å². The lowest BCUT2D eigenvalue weighted by molar-refractivity contribution is -0.220. The minimum atomic E-state index is -2.07. The molecule has 0 aromatic carbocycles. The quantitative estimate of drug-likeness (QED) is 0.480. The zero-order valence-electron chi connectivity index (χ0n) is 20.3. The second kappa shape index (κ2) is 8.34. The summed E-state index contributed by atoms with van der Waals surface area (Å²) in [4.78, 5) is 47.7. The van der Waals surface area contributed by atoms with Gasteiger partial charge in [0.2, 0.25) is 5.78 Å². The van der Waals surface area contributed by atoms with Crippen LogP contribution in [0, 0.1) is 28.6 Å². The number of hydrogen-bond acceptors (Lipinski definition) is 7. The largest absolute Gasteiger partial charge is 0.481 e. The predicted octanol–water partition coefficient (Wildman–Crippen LogP) is 2.31. The Labute approximate surface area is 203 Å². The van der Waals surface area contributed by atoms with Crippen molar-refractivity contribution in [3.05, 3.63) is 23.8 Å². The summed E-state index contributed by atoms with van der Waals surface area (Å²) in [5.41, 5.74) is -5.71. The number of fused-ring (bicyclic) bond motifs is 5. The van der Waals surface area contributed by atoms with Crippen LogP contribution in [-0.2, 0) is 23.9 Å². The van der Waals surface area contributed by atoms with E-state index in [1.54, 1.807) is 26.8 Å². The van der Waals surface area contributed by atoms with Gasteiger partial charge < -0.3 is 20.1 Å². The van der Waals surface area contributed by atoms with Gasteiger partial charge in [-0.1, -0.05) is 25.5 Å². The van der Waals surface area contributed by atoms with Crippen LogP contribution < -0.4 is 0 Å². The van der Waals surface area contributed by atoms with Gasteiger partial charge in [-0.25, -0.2) is 4.39 Å². The number of esters is 1. The van der Waals surface area contributed by atoms with E-state index in [0.29, 0.717) is 24.8 Å². The summed E-state index contributed by atoms with van der Waals surface area (Å²) >= 11 is 0. The van der Waals surface area contributed by atoms with E-state index in [1.165, 1.54) is 12.2 Å². The minimum absolute atomic E-state index is 0.172. The molecular weight excluding hydrogens is 459 g/mol. The van der Waals surface area contributed by atoms with Crippen LogP contribution in [0.15, 0.2) is 23.8 Å². The fourth-order valence-electron chi connectivity index (χ4n) is 7.68. The average molecular weight is 493 g/mol. The van der Waals surface area contributed by atoms with E-state index >= 15 is 4.39 Å². The van der Waals surface area contributed by atoms with E-state index in [2.05, 4.69) is 0 Å². The Kier molecular flexibility index (Phi) is 6.12. The number of halogens is 1. The van der Waals surface area contributed by atoms with Crippen molar-refractivity contribution >= 4 is 23.5 Å². The average Bonchev–Trinajstić information content (AvgIpc) is 2.99. The van der Waals surface area contributed by atoms with E-state index < -0.39 is 83.1 Å². The van der Waals surface area contributed by atoms with Gasteiger partial charge in [-0.05, 0) is 56.6 Å². The molecule has 4 unspecified atom stereocenters. The van der Waals surface area contributed by atoms with Crippen molar-refractivity contribution < 1.29 is 43.6 Å². The first-order valence-corrected chi connectivity index (χ1v) is 12.2. The molecule has 0 bridgehead atoms. The molecule has 35 heavy (non-hydrogen) atoms. The van der Waals surface area contributed by atoms with Gasteiger partial charge in [-0.2, -0.15) is 0 Å². The van der Waals surface area contributed by atoms with Crippen LogP contribution >= 0.6 is 0 Å². The fourth-order valence-corrected chi connectivity index (χ4v) is 7.68. The molecule has 0 radical (unpaired) electrons. The van der Waals surface area contributed by atoms with Crippen molar-refractivity contribution in [3.8, 4) is 0 Å². The van der Waals surface area contributed by atoms with Gasteiger partial charge in [0.1, 0.15) is 5.60 Å². The maximum atomic E-state index is 17.1. The number of aliphatic hydroxyl groups is 2. The second-order valence-corrected chi connectivity index (χ2v) is 11.1. The lowest BCUT2D eigenvalue weighted by atomic mass is 9.44. The number of ketones is 2. The molecule has 0 spiro atoms. The summed E-state index contributed by atoms with van der Waals surface area (Å²) < 4.78 is 22.1. The van der Waals surface area contributed by atoms with Crippen LogP contribution in [0.2, 0.25) is 0 Å². The number of aliphatic carboxylic acids is 1. The number of carbonyl (C=O) groups excluding carboxylic acids is 3. The summed E-state index contributed by atoms with van der Waals surface area (Å²) in [7, 11) is 0. The number of aliphatic hydroxyl groups excluding tert-OH is 1. The topological polar surface area (TPSA) is 138 Å². The number of carbonyl (C=O) groups is 4. The lowest BCUT2D eigenvalue weighted by Gasteiger charge is -2.62. The third kappa shape index (κ3) is 3.45. The summed E-state index contributed by atoms with van der Waals surface area (Å²) in [6.07, 6.45) is 3.04. The van der Waals surface area contributed by atoms with Crippen molar-refractivity contribution in [2.75, 3.05) is 6.61 Å². The first-order chi connectivity index (χ1) is 16.2. The molecule has 9 heteroatoms. The highest BCUT2D eigenvalue weighted by molar-refractivity contribution is 6.01. The van der Waals surface area contributed by atoms with E-state index in [4.69, 9.17) is 9.84 Å². The summed E-state index contributed by atoms with van der Waals surface area (Å²) in [5.74, 6) is -4.63. The molecule has 4 aliphatic carbocycles. The van der Waals surface area contributed by atoms with Crippen LogP contribution in [0.3, 0.4) is 0 Å². The van der Waals surface area contributed by atoms with Crippen molar-refractivity contribution in [2.45, 2.75) is 76.7 Å². The molecule has 3 fully saturated rings. The number of hydrogen-bond donors (Lipinski definition) is 3. The maximum absolute atomic E-state index is 17.1. The Hall–Kier alpha value is -2.39. The molecule has 3 saturated carbocycles. The molecule has 3 N–H and O–H groups in total. The molecule has 0 aromatic heterocycles. The van der Waals surface area contributed by atoms with Crippen molar-refractivity contribution in [1.29, 1.82) is 0 Å². The highest BCUT2D eigenvalue weighted by atomic mass is 19.1. The third-order valence-corrected chi connectivity index (χ3v) is 9.55. The molecule has 192 valence electrons. The number of carboxylic acid groups (broad SMARTS) is 1. The van der Waals surface area contributed by atoms with Crippen molar-refractivity contribution in [1.82, 2.24) is 0 Å². The van der Waals surface area contributed by atoms with Gasteiger partial charge in [-0.15, -0.1) is 0 Å². The molecule has 0 heterocycles. The molecule has 0 amide bonds. The number of rotatable bonds is 6. The number of allylic oxidation sites excluding steroid dienone is 4. The number of ether oxygens (including phenoxy) is 1. The molecule has 8 atom stereocenters. The Bertz CT molecular complexity index is 1030. The van der Waals surface area contributed by atoms with Crippen LogP contribution in [0.4, 0.5) is 4.39 Å². The molecule has 0 saturated heterocycles. The van der Waals surface area contributed by atoms with Crippen molar-refractivity contribution in [2.24, 2.45) is 28.6 Å². The smallest absolute Gasteiger partial charge is 0.306 e. The van der Waals surface area contributed by atoms with E-state index in [9.17, 15) is 29.4 Å². The van der Waals surface area contributed by atoms with Gasteiger partial charge in [0.05, 0.1) is 18.9 Å². The van der Waals surface area contributed by atoms with Crippen LogP contribution in [0.25, 0.3) is 0 Å². The number of alkyl halides is 1. The normalized spacial score (nSPS) is 44.1. The monoisotopic (exact) mass is 492 g/mol. The number of Topliss-reactive ketones (excluding diaryl/α,β-unsaturated/α-hetero) is 1. The van der Waals surface area contributed by atoms with Gasteiger partial charge in [0, 0.05) is 16.7 Å². The first kappa shape index (κ1) is 25.7. The summed E-state index contributed by atoms with van der Waals surface area (Å²) in [6, 6.07) is 0. The van der Waals surface area contributed by atoms with Crippen molar-refractivity contribution in [3.63, 3.8) is 0 Å². The Balaban J connectivity index is 1.62. The molecular formula is C26H33FO8. The van der Waals surface area contributed by atoms with Crippen LogP contribution in [0.5, 0.6) is 0 Å². The lowest BCUT2D eigenvalue weighted by Crippen LogP contribution is -2.69. The van der Waals surface area contributed by atoms with Gasteiger partial charge in [-0.3, -0.25) is 19.2 Å². The SMILES string of the molecule is CC1CC2C3CCC4=CC(=O)C=C[C@]4(C)[C@@]3(F)C(O)C[C@]2(C)[C@@]1(O)C(=O)COC(=O)CCC(=O)O. The van der Waals surface area contributed by atoms with Crippen LogP contribution in [-0.4, -0.2) is 62.8 Å². The molecule has 0 aliphatic heterocycles. The summed E-state index contributed by atoms with van der Waals surface area (Å²) in [5, 5.41) is 31.8. The third-order valence-electron chi connectivity index (χ3n) is 9.55. The second-order valence-electron chi connectivity index (χ2n) is 11.1. The molecule has 0 aromatic rings. The Morgan fingerprint density at radius 3 is 2.54 bits per heavy atom. The zero-order chi connectivity index (χ0) is 26.0. The Morgan fingerprint density at radius 2 is 1.89 bits per heavy atom. The minimum Gasteiger partial charge on any atom is -0.481 e. The van der Waals surface area contributed by atoms with Gasteiger partial charge >= 0.3 is 11.9 Å². The van der Waals surface area contributed by atoms with Crippen LogP contribution in [0.1, 0.15) is 59.3 Å². The maximum Gasteiger partial charge on any atom is 0.306 e. The predicted molar refractivity (Wildman–Crippen MR) is 121 cm³/mol. The highest BCUT2D eigenvalue weighted by Crippen LogP contribution is 2.70. The highest BCUT2D eigenvalue weighted by Gasteiger charge is 2.75. The fraction of sp³-hybridized carbons (Fsp3) is 0.692. The first-order valence-electron chi connectivity index (χ1n) is 12.2. The molecule has 8 nitrogen and oxygen atoms in total. The summed E-state index contributed by atoms with van der Waals surface area (Å²) in [6.45, 7) is 4.38. The Morgan fingerprint density at radius 1 is 1.20 bits per heavy atom. The van der Waals surface area contributed by atoms with E-state index in [1.807, 2.05) is 0 Å². The zero-order valence-corrected chi connectivity index (χ0v) is 20.3. The molecule has 4 aliphatic rings. The van der Waals surface area contributed by atoms with E-state index in [0.717, 1.165) is 0 Å². The van der Waals surface area contributed by atoms with Gasteiger partial charge in [0.25, 0.3) is 0 Å². The van der Waals surface area contributed by atoms with Gasteiger partial charge in [0.15, 0.2) is 18.1 Å². The molecule has 4 rings (SSSR count).